The summed E-state index contributed by atoms with van der Waals surface area (Å²) >= 11 is 0. The van der Waals surface area contributed by atoms with Crippen LogP contribution in [0.5, 0.6) is 11.5 Å². The number of hydrogen-bond acceptors (Lipinski definition) is 8. The first kappa shape index (κ1) is 31.4. The van der Waals surface area contributed by atoms with E-state index in [4.69, 9.17) is 52.2 Å². The first-order valence-corrected chi connectivity index (χ1v) is 11.4. The van der Waals surface area contributed by atoms with E-state index in [1.807, 2.05) is 24.3 Å². The van der Waals surface area contributed by atoms with Crippen molar-refractivity contribution in [2.45, 2.75) is 37.7 Å². The Kier molecular flexibility index (Phi) is 12.8. The molecule has 0 unspecified atom stereocenters. The minimum atomic E-state index is -2.74. The van der Waals surface area contributed by atoms with Gasteiger partial charge in [0.05, 0.1) is 26.1 Å². The van der Waals surface area contributed by atoms with E-state index in [1.54, 1.807) is 24.3 Å². The number of rotatable bonds is 15. The second-order valence-corrected chi connectivity index (χ2v) is 8.11. The summed E-state index contributed by atoms with van der Waals surface area (Å²) in [5.74, 6) is -3.34. The lowest BCUT2D eigenvalue weighted by atomic mass is 9.96. The molecule has 0 saturated carbocycles. The molecule has 0 radical (unpaired) electrons. The van der Waals surface area contributed by atoms with Gasteiger partial charge in [-0.3, -0.25) is 20.4 Å². The monoisotopic (exact) mass is 532 g/mol. The highest BCUT2D eigenvalue weighted by Gasteiger charge is 2.40. The van der Waals surface area contributed by atoms with Crippen LogP contribution < -0.4 is 20.9 Å². The minimum absolute atomic E-state index is 0.0579. The van der Waals surface area contributed by atoms with Crippen LogP contribution in [0.25, 0.3) is 0 Å². The van der Waals surface area contributed by atoms with Crippen LogP contribution in [0.1, 0.15) is 43.2 Å². The molecule has 0 saturated heterocycles. The molecule has 38 heavy (non-hydrogen) atoms. The van der Waals surface area contributed by atoms with Gasteiger partial charge >= 0.3 is 17.9 Å². The molecule has 10 N–H and O–H groups in total. The molecular weight excluding hydrogens is 500 g/mol. The molecule has 13 heteroatoms. The molecule has 0 aliphatic carbocycles. The van der Waals surface area contributed by atoms with Crippen molar-refractivity contribution in [3.05, 3.63) is 59.7 Å². The molecule has 0 bridgehead atoms. The summed E-state index contributed by atoms with van der Waals surface area (Å²) < 4.78 is 11.3. The maximum absolute atomic E-state index is 10.3. The number of hydrogen-bond donors (Lipinski definition) is 8. The Bertz CT molecular complexity index is 1030. The molecule has 0 heterocycles. The topological polar surface area (TPSA) is 250 Å². The summed E-state index contributed by atoms with van der Waals surface area (Å²) in [6.45, 7) is 1.29. The zero-order chi connectivity index (χ0) is 28.7. The molecule has 0 aliphatic rings. The highest BCUT2D eigenvalue weighted by atomic mass is 16.5. The number of amidine groups is 2. The van der Waals surface area contributed by atoms with Crippen molar-refractivity contribution < 1.29 is 44.3 Å². The van der Waals surface area contributed by atoms with Crippen LogP contribution in [0, 0.1) is 10.8 Å². The number of benzene rings is 2. The molecular formula is C25H32N4O9. The minimum Gasteiger partial charge on any atom is -0.494 e. The highest BCUT2D eigenvalue weighted by molar-refractivity contribution is 5.95. The fourth-order valence-electron chi connectivity index (χ4n) is 2.94. The van der Waals surface area contributed by atoms with E-state index in [0.29, 0.717) is 24.3 Å². The van der Waals surface area contributed by atoms with Gasteiger partial charge in [0.2, 0.25) is 0 Å². The third-order valence-corrected chi connectivity index (χ3v) is 4.94. The molecule has 0 aliphatic heterocycles. The van der Waals surface area contributed by atoms with Gasteiger partial charge in [-0.05, 0) is 67.8 Å². The average Bonchev–Trinajstić information content (AvgIpc) is 2.83. The van der Waals surface area contributed by atoms with Crippen LogP contribution in [-0.2, 0) is 14.4 Å². The highest BCUT2D eigenvalue weighted by Crippen LogP contribution is 2.16. The third kappa shape index (κ3) is 11.9. The molecule has 206 valence electrons. The van der Waals surface area contributed by atoms with E-state index < -0.39 is 36.4 Å². The van der Waals surface area contributed by atoms with Gasteiger partial charge in [-0.15, -0.1) is 0 Å². The van der Waals surface area contributed by atoms with Crippen LogP contribution >= 0.6 is 0 Å². The number of nitrogens with one attached hydrogen (secondary N) is 2. The van der Waals surface area contributed by atoms with Gasteiger partial charge in [-0.25, -0.2) is 4.79 Å². The Morgan fingerprint density at radius 3 is 1.29 bits per heavy atom. The first-order valence-electron chi connectivity index (χ1n) is 11.4. The number of nitrogen functional groups attached to an aromatic ring is 2. The maximum Gasteiger partial charge on any atom is 0.336 e. The van der Waals surface area contributed by atoms with Crippen LogP contribution in [0.3, 0.4) is 0 Å². The predicted octanol–water partition coefficient (Wildman–Crippen LogP) is 1.63. The van der Waals surface area contributed by atoms with E-state index in [-0.39, 0.29) is 11.7 Å². The van der Waals surface area contributed by atoms with Gasteiger partial charge in [0.25, 0.3) is 0 Å². The van der Waals surface area contributed by atoms with E-state index >= 15 is 0 Å². The zero-order valence-electron chi connectivity index (χ0n) is 20.6. The number of carboxylic acid groups (broad SMARTS) is 3. The third-order valence-electron chi connectivity index (χ3n) is 4.94. The predicted molar refractivity (Wildman–Crippen MR) is 137 cm³/mol. The zero-order valence-corrected chi connectivity index (χ0v) is 20.6. The molecule has 13 nitrogen and oxygen atoms in total. The number of ether oxygens (including phenoxy) is 2. The summed E-state index contributed by atoms with van der Waals surface area (Å²) in [5, 5.41) is 48.5. The summed E-state index contributed by atoms with van der Waals surface area (Å²) in [7, 11) is 0. The van der Waals surface area contributed by atoms with Crippen molar-refractivity contribution in [3.63, 3.8) is 0 Å². The van der Waals surface area contributed by atoms with Gasteiger partial charge in [-0.1, -0.05) is 0 Å². The normalized spacial score (nSPS) is 10.4. The van der Waals surface area contributed by atoms with Crippen molar-refractivity contribution in [3.8, 4) is 11.5 Å². The first-order chi connectivity index (χ1) is 17.8. The van der Waals surface area contributed by atoms with Crippen LogP contribution in [0.15, 0.2) is 48.5 Å². The molecule has 0 atom stereocenters. The largest absolute Gasteiger partial charge is 0.494 e. The van der Waals surface area contributed by atoms with Gasteiger partial charge in [0.1, 0.15) is 23.2 Å². The van der Waals surface area contributed by atoms with Crippen LogP contribution in [-0.4, -0.2) is 68.8 Å². The summed E-state index contributed by atoms with van der Waals surface area (Å²) in [6.07, 6.45) is 0.614. The summed E-state index contributed by atoms with van der Waals surface area (Å²) in [5.41, 5.74) is 9.47. The van der Waals surface area contributed by atoms with E-state index in [0.717, 1.165) is 30.8 Å². The van der Waals surface area contributed by atoms with E-state index in [1.165, 1.54) is 0 Å². The molecule has 2 aromatic rings. The number of nitrogens with two attached hydrogens (primary N) is 2. The second kappa shape index (κ2) is 15.5. The smallest absolute Gasteiger partial charge is 0.336 e. The quantitative estimate of drug-likeness (QED) is 0.0929. The molecule has 0 spiro atoms. The Labute approximate surface area is 218 Å². The lowest BCUT2D eigenvalue weighted by Gasteiger charge is -2.18. The van der Waals surface area contributed by atoms with Gasteiger partial charge < -0.3 is 41.4 Å². The summed E-state index contributed by atoms with van der Waals surface area (Å²) in [4.78, 5) is 30.5. The number of carbonyl (C=O) groups is 3. The van der Waals surface area contributed by atoms with Crippen molar-refractivity contribution in [1.29, 1.82) is 10.8 Å². The Morgan fingerprint density at radius 1 is 0.684 bits per heavy atom. The lowest BCUT2D eigenvalue weighted by Crippen LogP contribution is -2.42. The fourth-order valence-corrected chi connectivity index (χ4v) is 2.94. The van der Waals surface area contributed by atoms with Crippen molar-refractivity contribution in [2.75, 3.05) is 13.2 Å². The van der Waals surface area contributed by atoms with E-state index in [2.05, 4.69) is 0 Å². The Morgan fingerprint density at radius 2 is 1.03 bits per heavy atom. The number of carboxylic acids is 3. The van der Waals surface area contributed by atoms with Crippen LogP contribution in [0.4, 0.5) is 0 Å². The van der Waals surface area contributed by atoms with Crippen molar-refractivity contribution >= 4 is 29.6 Å². The Hall–Kier alpha value is -4.65. The number of aliphatic carboxylic acids is 3. The van der Waals surface area contributed by atoms with Crippen molar-refractivity contribution in [1.82, 2.24) is 0 Å². The van der Waals surface area contributed by atoms with Crippen LogP contribution in [0.2, 0.25) is 0 Å². The molecule has 0 amide bonds. The number of unbranched alkanes of at least 4 members (excludes halogenated alkanes) is 2. The molecule has 2 aromatic carbocycles. The molecule has 2 rings (SSSR count). The average molecular weight is 533 g/mol. The van der Waals surface area contributed by atoms with Gasteiger partial charge in [-0.2, -0.15) is 0 Å². The van der Waals surface area contributed by atoms with Gasteiger partial charge in [0.15, 0.2) is 5.60 Å². The number of aliphatic hydroxyl groups is 1. The Balaban J connectivity index is 0.000000471. The fraction of sp³-hybridized carbons (Fsp3) is 0.320. The standard InChI is InChI=1S/C19H24N4O2.C6H8O7/c20-18(21)14-4-8-16(9-5-14)24-12-2-1-3-13-25-17-10-6-15(7-11-17)19(22)23;7-3(8)1-6(13,5(11)12)2-4(9)10/h4-11H,1-3,12-13H2,(H3,20,21)(H3,22,23);13H,1-2H2,(H,7,8)(H,9,10)(H,11,12). The lowest BCUT2D eigenvalue weighted by molar-refractivity contribution is -0.170. The molecule has 0 aromatic heterocycles. The van der Waals surface area contributed by atoms with Gasteiger partial charge in [0, 0.05) is 11.1 Å². The van der Waals surface area contributed by atoms with Crippen molar-refractivity contribution in [2.24, 2.45) is 11.5 Å². The second-order valence-electron chi connectivity index (χ2n) is 8.11. The molecule has 0 fully saturated rings. The summed E-state index contributed by atoms with van der Waals surface area (Å²) in [6, 6.07) is 14.4. The maximum atomic E-state index is 10.3. The van der Waals surface area contributed by atoms with E-state index in [9.17, 15) is 14.4 Å². The SMILES string of the molecule is N=C(N)c1ccc(OCCCCCOc2ccc(C(=N)N)cc2)cc1.O=C(O)CC(O)(CC(=O)O)C(=O)O.